The van der Waals surface area contributed by atoms with Crippen molar-refractivity contribution in [1.82, 2.24) is 9.55 Å². The lowest BCUT2D eigenvalue weighted by Crippen LogP contribution is -2.02. The van der Waals surface area contributed by atoms with Crippen LogP contribution in [0.25, 0.3) is 28.1 Å². The van der Waals surface area contributed by atoms with Gasteiger partial charge in [0.25, 0.3) is 0 Å². The molecular formula is C23H22N4. The van der Waals surface area contributed by atoms with E-state index in [1.165, 1.54) is 0 Å². The predicted molar refractivity (Wildman–Crippen MR) is 114 cm³/mol. The number of nitrogen functional groups attached to an aromatic ring is 1. The number of hydrogen-bond acceptors (Lipinski definition) is 3. The Labute approximate surface area is 159 Å². The third-order valence-electron chi connectivity index (χ3n) is 4.69. The number of aryl methyl sites for hydroxylation is 2. The zero-order chi connectivity index (χ0) is 19.0. The maximum Gasteiger partial charge on any atom is 0.142 e. The molecule has 1 aromatic heterocycles. The molecule has 0 bridgehead atoms. The Kier molecular flexibility index (Phi) is 4.16. The summed E-state index contributed by atoms with van der Waals surface area (Å²) in [6.45, 7) is 6.24. The number of imidazole rings is 1. The molecule has 0 aliphatic heterocycles. The van der Waals surface area contributed by atoms with Gasteiger partial charge >= 0.3 is 0 Å². The van der Waals surface area contributed by atoms with Crippen molar-refractivity contribution >= 4 is 28.1 Å². The summed E-state index contributed by atoms with van der Waals surface area (Å²) in [7, 11) is 2.04. The van der Waals surface area contributed by atoms with E-state index in [1.807, 2.05) is 62.5 Å². The summed E-state index contributed by atoms with van der Waals surface area (Å²) in [5.41, 5.74) is 13.7. The van der Waals surface area contributed by atoms with Crippen molar-refractivity contribution < 1.29 is 0 Å². The van der Waals surface area contributed by atoms with Crippen LogP contribution in [0, 0.1) is 6.92 Å². The molecule has 0 aliphatic carbocycles. The largest absolute Gasteiger partial charge is 0.399 e. The van der Waals surface area contributed by atoms with E-state index in [2.05, 4.69) is 34.7 Å². The van der Waals surface area contributed by atoms with E-state index in [0.717, 1.165) is 50.6 Å². The van der Waals surface area contributed by atoms with E-state index in [0.29, 0.717) is 0 Å². The van der Waals surface area contributed by atoms with E-state index in [-0.39, 0.29) is 0 Å². The highest BCUT2D eigenvalue weighted by molar-refractivity contribution is 5.88. The summed E-state index contributed by atoms with van der Waals surface area (Å²) in [6.07, 6.45) is 0. The van der Waals surface area contributed by atoms with Crippen LogP contribution in [0.3, 0.4) is 0 Å². The van der Waals surface area contributed by atoms with Crippen LogP contribution in [0.5, 0.6) is 0 Å². The quantitative estimate of drug-likeness (QED) is 0.494. The number of para-hydroxylation sites is 3. The number of anilines is 2. The molecular weight excluding hydrogens is 332 g/mol. The summed E-state index contributed by atoms with van der Waals surface area (Å²) < 4.78 is 2.11. The third kappa shape index (κ3) is 3.17. The molecule has 4 rings (SSSR count). The van der Waals surface area contributed by atoms with Crippen LogP contribution in [0.1, 0.15) is 11.1 Å². The molecule has 0 aliphatic rings. The lowest BCUT2D eigenvalue weighted by Gasteiger charge is -2.15. The monoisotopic (exact) mass is 354 g/mol. The Morgan fingerprint density at radius 3 is 2.56 bits per heavy atom. The lowest BCUT2D eigenvalue weighted by atomic mass is 10.1. The molecule has 4 heteroatoms. The van der Waals surface area contributed by atoms with Gasteiger partial charge in [0.05, 0.1) is 11.0 Å². The Morgan fingerprint density at radius 2 is 1.78 bits per heavy atom. The van der Waals surface area contributed by atoms with Crippen LogP contribution in [-0.4, -0.2) is 9.55 Å². The van der Waals surface area contributed by atoms with Crippen LogP contribution < -0.4 is 11.1 Å². The molecule has 1 heterocycles. The summed E-state index contributed by atoms with van der Waals surface area (Å²) in [4.78, 5) is 4.82. The second kappa shape index (κ2) is 6.65. The lowest BCUT2D eigenvalue weighted by molar-refractivity contribution is 0.960. The van der Waals surface area contributed by atoms with Crippen molar-refractivity contribution in [3.63, 3.8) is 0 Å². The molecule has 0 unspecified atom stereocenters. The molecule has 0 spiro atoms. The smallest absolute Gasteiger partial charge is 0.142 e. The van der Waals surface area contributed by atoms with Crippen LogP contribution in [0.15, 0.2) is 73.3 Å². The molecule has 27 heavy (non-hydrogen) atoms. The van der Waals surface area contributed by atoms with Crippen molar-refractivity contribution in [3.05, 3.63) is 84.4 Å². The molecule has 0 atom stereocenters. The van der Waals surface area contributed by atoms with E-state index in [1.54, 1.807) is 0 Å². The van der Waals surface area contributed by atoms with E-state index in [4.69, 9.17) is 10.7 Å². The van der Waals surface area contributed by atoms with E-state index >= 15 is 0 Å². The summed E-state index contributed by atoms with van der Waals surface area (Å²) in [5.74, 6) is 0.913. The molecule has 0 saturated carbocycles. The molecule has 3 N–H and O–H groups in total. The van der Waals surface area contributed by atoms with Gasteiger partial charge in [-0.2, -0.15) is 0 Å². The van der Waals surface area contributed by atoms with Crippen molar-refractivity contribution in [1.29, 1.82) is 0 Å². The minimum atomic E-state index is 0.733. The molecule has 3 aromatic carbocycles. The van der Waals surface area contributed by atoms with Crippen molar-refractivity contribution in [2.75, 3.05) is 11.1 Å². The first-order chi connectivity index (χ1) is 13.0. The van der Waals surface area contributed by atoms with Gasteiger partial charge in [-0.15, -0.1) is 0 Å². The minimum absolute atomic E-state index is 0.733. The number of nitrogens with zero attached hydrogens (tertiary/aromatic N) is 2. The Balaban J connectivity index is 1.75. The molecule has 0 saturated heterocycles. The summed E-state index contributed by atoms with van der Waals surface area (Å²) in [6, 6.07) is 22.2. The molecule has 4 nitrogen and oxygen atoms in total. The second-order valence-electron chi connectivity index (χ2n) is 6.76. The molecule has 0 fully saturated rings. The van der Waals surface area contributed by atoms with Gasteiger partial charge in [-0.25, -0.2) is 4.98 Å². The SMILES string of the molecule is C=C(Nc1ccccc1-c1nc2ccccc2n1C)c1cc(C)cc(N)c1. The fourth-order valence-electron chi connectivity index (χ4n) is 3.40. The van der Waals surface area contributed by atoms with Gasteiger partial charge < -0.3 is 15.6 Å². The number of hydrogen-bond donors (Lipinski definition) is 2. The predicted octanol–water partition coefficient (Wildman–Crippen LogP) is 5.21. The molecule has 0 radical (unpaired) electrons. The first-order valence-corrected chi connectivity index (χ1v) is 8.87. The van der Waals surface area contributed by atoms with E-state index in [9.17, 15) is 0 Å². The topological polar surface area (TPSA) is 55.9 Å². The van der Waals surface area contributed by atoms with Gasteiger partial charge in [0.2, 0.25) is 0 Å². The fraction of sp³-hybridized carbons (Fsp3) is 0.0870. The molecule has 0 amide bonds. The minimum Gasteiger partial charge on any atom is -0.399 e. The van der Waals surface area contributed by atoms with Crippen LogP contribution >= 0.6 is 0 Å². The number of fused-ring (bicyclic) bond motifs is 1. The first-order valence-electron chi connectivity index (χ1n) is 8.87. The number of aromatic nitrogens is 2. The maximum absolute atomic E-state index is 5.99. The molecule has 4 aromatic rings. The Morgan fingerprint density at radius 1 is 1.04 bits per heavy atom. The third-order valence-corrected chi connectivity index (χ3v) is 4.69. The summed E-state index contributed by atoms with van der Waals surface area (Å²) in [5, 5.41) is 3.45. The van der Waals surface area contributed by atoms with Gasteiger partial charge in [0.1, 0.15) is 5.82 Å². The summed E-state index contributed by atoms with van der Waals surface area (Å²) >= 11 is 0. The van der Waals surface area contributed by atoms with Crippen LogP contribution in [0.4, 0.5) is 11.4 Å². The highest BCUT2D eigenvalue weighted by Gasteiger charge is 2.13. The number of nitrogens with one attached hydrogen (secondary N) is 1. The van der Waals surface area contributed by atoms with Gasteiger partial charge in [-0.1, -0.05) is 30.8 Å². The fourth-order valence-corrected chi connectivity index (χ4v) is 3.40. The number of rotatable bonds is 4. The van der Waals surface area contributed by atoms with E-state index < -0.39 is 0 Å². The van der Waals surface area contributed by atoms with Crippen LogP contribution in [-0.2, 0) is 7.05 Å². The number of nitrogens with two attached hydrogens (primary N) is 1. The van der Waals surface area contributed by atoms with Crippen molar-refractivity contribution in [2.24, 2.45) is 7.05 Å². The average molecular weight is 354 g/mol. The van der Waals surface area contributed by atoms with Crippen LogP contribution in [0.2, 0.25) is 0 Å². The number of benzene rings is 3. The zero-order valence-corrected chi connectivity index (χ0v) is 15.5. The maximum atomic E-state index is 5.99. The normalized spacial score (nSPS) is 10.9. The zero-order valence-electron chi connectivity index (χ0n) is 15.5. The highest BCUT2D eigenvalue weighted by atomic mass is 15.1. The Hall–Kier alpha value is -3.53. The standard InChI is InChI=1S/C23H22N4/c1-15-12-17(14-18(24)13-15)16(2)25-20-9-5-4-8-19(20)23-26-21-10-6-7-11-22(21)27(23)3/h4-14,25H,2,24H2,1,3H3. The molecule has 134 valence electrons. The van der Waals surface area contributed by atoms with Gasteiger partial charge in [-0.3, -0.25) is 0 Å². The second-order valence-corrected chi connectivity index (χ2v) is 6.76. The van der Waals surface area contributed by atoms with Gasteiger partial charge in [0, 0.05) is 29.7 Å². The Bertz CT molecular complexity index is 1130. The highest BCUT2D eigenvalue weighted by Crippen LogP contribution is 2.31. The van der Waals surface area contributed by atoms with Gasteiger partial charge in [0.15, 0.2) is 0 Å². The first kappa shape index (κ1) is 16.9. The van der Waals surface area contributed by atoms with Crippen molar-refractivity contribution in [2.45, 2.75) is 6.92 Å². The van der Waals surface area contributed by atoms with Gasteiger partial charge in [-0.05, 0) is 60.5 Å². The van der Waals surface area contributed by atoms with Crippen molar-refractivity contribution in [3.8, 4) is 11.4 Å². The average Bonchev–Trinajstić information content (AvgIpc) is 2.98.